The van der Waals surface area contributed by atoms with Crippen LogP contribution in [0.5, 0.6) is 0 Å². The Bertz CT molecular complexity index is 4690. The maximum Gasteiger partial charge on any atom is -0.0134 e. The molecule has 16 rings (SSSR count). The Morgan fingerprint density at radius 2 is 0.779 bits per heavy atom. The number of hydrogen-bond acceptors (Lipinski definition) is 10. The quantitative estimate of drug-likeness (QED) is 0.0438. The van der Waals surface area contributed by atoms with E-state index in [1.807, 2.05) is 52.0 Å². The molecule has 8 heterocycles. The summed E-state index contributed by atoms with van der Waals surface area (Å²) in [6, 6.07) is 93.0. The molecule has 104 heavy (non-hydrogen) atoms. The Morgan fingerprint density at radius 1 is 0.471 bits per heavy atom. The molecule has 0 aliphatic carbocycles. The Kier molecular flexibility index (Phi) is 32.3. The summed E-state index contributed by atoms with van der Waals surface area (Å²) in [6.45, 7) is 9.17. The third-order valence-corrected chi connectivity index (χ3v) is 24.4. The normalized spacial score (nSPS) is 12.8. The number of pyridine rings is 2. The van der Waals surface area contributed by atoms with Gasteiger partial charge in [0.1, 0.15) is 33.9 Å². The van der Waals surface area contributed by atoms with Crippen molar-refractivity contribution < 1.29 is 38.2 Å². The molecule has 0 saturated carbocycles. The second-order valence-electron chi connectivity index (χ2n) is 23.0. The minimum Gasteiger partial charge on any atom is -0.0622 e. The predicted molar refractivity (Wildman–Crippen MR) is 437 cm³/mol. The van der Waals surface area contributed by atoms with Gasteiger partial charge in [0.2, 0.25) is 0 Å². The summed E-state index contributed by atoms with van der Waals surface area (Å²) >= 11 is 12.9. The van der Waals surface area contributed by atoms with Crippen LogP contribution in [0.25, 0.3) is 10.0 Å². The van der Waals surface area contributed by atoms with Crippen LogP contribution in [0.1, 0.15) is 98.7 Å². The molecule has 0 N–H and O–H groups in total. The van der Waals surface area contributed by atoms with Gasteiger partial charge in [-0.1, -0.05) is 254 Å². The summed E-state index contributed by atoms with van der Waals surface area (Å²) < 4.78 is 17.6. The van der Waals surface area contributed by atoms with E-state index in [9.17, 15) is 0 Å². The molecule has 20 heteroatoms. The van der Waals surface area contributed by atoms with Gasteiger partial charge in [0.25, 0.3) is 0 Å². The summed E-state index contributed by atoms with van der Waals surface area (Å²) in [4.78, 5) is 8.90. The minimum atomic E-state index is -0.446. The van der Waals surface area contributed by atoms with Gasteiger partial charge in [-0.3, -0.25) is 14.1 Å². The van der Waals surface area contributed by atoms with Crippen LogP contribution < -0.4 is 31.8 Å². The fourth-order valence-electron chi connectivity index (χ4n) is 11.4. The predicted octanol–water partition coefficient (Wildman–Crippen LogP) is 19.4. The van der Waals surface area contributed by atoms with Gasteiger partial charge in [-0.05, 0) is 139 Å². The van der Waals surface area contributed by atoms with Crippen LogP contribution in [0.4, 0.5) is 0 Å². The van der Waals surface area contributed by atoms with Crippen LogP contribution >= 0.6 is 93.8 Å². The number of rotatable bonds is 10. The van der Waals surface area contributed by atoms with Crippen LogP contribution in [0.2, 0.25) is 0 Å². The van der Waals surface area contributed by atoms with Gasteiger partial charge in [-0.15, -0.1) is 43.1 Å². The maximum absolute atomic E-state index is 6.67. The monoisotopic (exact) mass is 1790 g/mol. The molecule has 0 spiro atoms. The van der Waals surface area contributed by atoms with Crippen LogP contribution in [-0.2, 0) is 64.2 Å². The van der Waals surface area contributed by atoms with Crippen molar-refractivity contribution in [2.45, 2.75) is 66.0 Å². The van der Waals surface area contributed by atoms with E-state index in [0.717, 1.165) is 60.9 Å². The molecular formula is C84H70BrCl2CuIN8O2P2PdS2+. The molecule has 528 valence electrons. The largest absolute Gasteiger partial charge is 0.0622 e. The Labute approximate surface area is 664 Å². The van der Waals surface area contributed by atoms with Crippen LogP contribution in [-0.4, -0.2) is 39.5 Å². The number of benzene rings is 8. The fourth-order valence-corrected chi connectivity index (χ4v) is 19.2. The van der Waals surface area contributed by atoms with E-state index in [2.05, 4.69) is 316 Å². The molecule has 0 fully saturated rings. The van der Waals surface area contributed by atoms with E-state index in [-0.39, 0.29) is 28.1 Å². The molecule has 14 aromatic rings. The molecule has 6 aromatic heterocycles. The number of thiophene rings is 2. The van der Waals surface area contributed by atoms with Gasteiger partial charge in [-0.25, -0.2) is 0 Å². The molecule has 0 unspecified atom stereocenters. The van der Waals surface area contributed by atoms with Crippen LogP contribution in [0, 0.1) is 38.0 Å². The van der Waals surface area contributed by atoms with E-state index in [0.29, 0.717) is 13.2 Å². The zero-order valence-electron chi connectivity index (χ0n) is 56.9. The van der Waals surface area contributed by atoms with Crippen LogP contribution in [0.15, 0.2) is 295 Å². The van der Waals surface area contributed by atoms with Crippen LogP contribution in [0.3, 0.4) is 0 Å². The van der Waals surface area contributed by atoms with Crippen molar-refractivity contribution in [3.8, 4) is 27.8 Å². The first-order valence-corrected chi connectivity index (χ1v) is 44.9. The van der Waals surface area contributed by atoms with Gasteiger partial charge < -0.3 is 9.47 Å². The molecule has 2 atom stereocenters. The van der Waals surface area contributed by atoms with Crippen molar-refractivity contribution in [2.24, 2.45) is 0 Å². The molecule has 0 amide bonds. The molecule has 0 saturated heterocycles. The molecular weight excluding hydrogens is 1730 g/mol. The van der Waals surface area contributed by atoms with E-state index >= 15 is 0 Å². The smallest absolute Gasteiger partial charge is 0.0134 e. The molecule has 2 aliphatic heterocycles. The van der Waals surface area contributed by atoms with Crippen molar-refractivity contribution >= 4 is 126 Å². The minimum absolute atomic E-state index is 0.0563. The zero-order valence-corrected chi connectivity index (χ0v) is 68.1. The van der Waals surface area contributed by atoms with E-state index in [4.69, 9.17) is 35.0 Å². The number of nitrogens with zero attached hydrogens (tertiary/aromatic N) is 8. The SMILES string of the molecule is Cc1nnc2n1-c1sc(Br)c(Cc3ccccc3)c1CO[C@H]2C.Cc1nnc2n1-c1sc(C#Cc3ccncc3)c(Cc3ccccc3)c1CO[C@H]2C.[C+]#Cc1ccncc1.[Cl][Pd][Cl].[Cu][I].c1ccc(P(c2ccccc2)c2ccccc2)cc1.c1ccc(P(c2ccccc2)c2ccccc2)cc1. The van der Waals surface area contributed by atoms with Crippen molar-refractivity contribution in [1.82, 2.24) is 39.5 Å². The summed E-state index contributed by atoms with van der Waals surface area (Å²) in [5, 5.41) is 27.9. The average molecular weight is 1800 g/mol. The Balaban J connectivity index is 0.000000143. The van der Waals surface area contributed by atoms with Crippen molar-refractivity contribution in [1.29, 1.82) is 0 Å². The number of ether oxygens (including phenoxy) is 2. The molecule has 2 aliphatic rings. The van der Waals surface area contributed by atoms with E-state index in [1.165, 1.54) is 70.2 Å². The number of aryl methyl sites for hydroxylation is 2. The summed E-state index contributed by atoms with van der Waals surface area (Å²) in [5.41, 5.74) is 9.19. The fraction of sp³-hybridized carbons (Fsp3) is 0.119. The number of halogens is 4. The van der Waals surface area contributed by atoms with E-state index < -0.39 is 15.8 Å². The third kappa shape index (κ3) is 21.8. The number of hydrogen-bond donors (Lipinski definition) is 0. The van der Waals surface area contributed by atoms with Gasteiger partial charge in [0, 0.05) is 29.1 Å². The second-order valence-corrected chi connectivity index (χ2v) is 33.1. The van der Waals surface area contributed by atoms with Gasteiger partial charge in [0.15, 0.2) is 11.6 Å². The first kappa shape index (κ1) is 79.4. The summed E-state index contributed by atoms with van der Waals surface area (Å²) in [7, 11) is 8.74. The molecule has 0 radical (unpaired) electrons. The summed E-state index contributed by atoms with van der Waals surface area (Å²) in [5.74, 6) is 12.4. The Hall–Kier alpha value is -7.17. The average Bonchev–Trinajstić information content (AvgIpc) is 1.61. The third-order valence-electron chi connectivity index (χ3n) is 16.3. The number of aromatic nitrogens is 8. The maximum atomic E-state index is 6.67. The van der Waals surface area contributed by atoms with Gasteiger partial charge >= 0.3 is 116 Å². The summed E-state index contributed by atoms with van der Waals surface area (Å²) in [6.07, 6.45) is 15.0. The zero-order chi connectivity index (χ0) is 72.8. The van der Waals surface area contributed by atoms with Crippen molar-refractivity contribution in [2.75, 3.05) is 0 Å². The second kappa shape index (κ2) is 42.2. The molecule has 10 nitrogen and oxygen atoms in total. The number of fused-ring (bicyclic) bond motifs is 6. The molecule has 0 bridgehead atoms. The first-order valence-electron chi connectivity index (χ1n) is 32.8. The van der Waals surface area contributed by atoms with Crippen molar-refractivity contribution in [3.05, 3.63) is 375 Å². The topological polar surface area (TPSA) is 106 Å². The van der Waals surface area contributed by atoms with Crippen molar-refractivity contribution in [3.63, 3.8) is 0 Å². The Morgan fingerprint density at radius 3 is 1.12 bits per heavy atom. The standard InChI is InChI=1S/C24H20N4OS.2C18H15P.C17H16BrN3OS.C7H4N.2ClH.Cu.HI.Pd/c1-16-23-27-26-17(2)28(23)24-21(15-29-16)20(14-19-6-4-3-5-7-19)22(30-24)9-8-18-10-12-25-13-11-18;2*1-4-10-16(11-5-1)19(17-12-6-2-7-13-17)18-14-8-3-9-15-18;1-10-16-20-19-11(2)21(16)17-14(9-22-10)13(15(18)23-17)8-12-6-4-3-5-7-12;1-2-7-3-5-8-6-4-7;;;;;/h3-7,10-13,16H,14-15H2,1-2H3;2*1-15H;3-7,10H,8-9H2,1-2H3;3-6H;2*1H;;1H;/q;;;;+1;;;+1;;+2/p-3/t16-;;;10-;;;;;;/m0..0....../s1. The first-order chi connectivity index (χ1) is 51.1. The van der Waals surface area contributed by atoms with Gasteiger partial charge in [-0.2, -0.15) is 0 Å². The molecule has 8 aromatic carbocycles. The van der Waals surface area contributed by atoms with E-state index in [1.54, 1.807) is 79.9 Å². The van der Waals surface area contributed by atoms with Gasteiger partial charge in [0.05, 0.1) is 21.9 Å².